The van der Waals surface area contributed by atoms with Crippen LogP contribution in [0.15, 0.2) is 46.4 Å². The molecule has 1 aromatic heterocycles. The quantitative estimate of drug-likeness (QED) is 0.616. The summed E-state index contributed by atoms with van der Waals surface area (Å²) in [5.74, 6) is -0.294. The maximum absolute atomic E-state index is 12.8. The molecule has 0 saturated carbocycles. The first kappa shape index (κ1) is 20.9. The summed E-state index contributed by atoms with van der Waals surface area (Å²) in [6, 6.07) is 7.75. The lowest BCUT2D eigenvalue weighted by atomic mass is 10.1. The molecule has 0 bridgehead atoms. The molecule has 2 aromatic rings. The summed E-state index contributed by atoms with van der Waals surface area (Å²) < 4.78 is 43.6. The second-order valence-electron chi connectivity index (χ2n) is 6.58. The van der Waals surface area contributed by atoms with Gasteiger partial charge in [0.05, 0.1) is 34.4 Å². The van der Waals surface area contributed by atoms with Crippen molar-refractivity contribution < 1.29 is 22.7 Å². The van der Waals surface area contributed by atoms with Crippen LogP contribution >= 0.6 is 23.4 Å². The lowest BCUT2D eigenvalue weighted by Crippen LogP contribution is -2.38. The maximum Gasteiger partial charge on any atom is 0.417 e. The van der Waals surface area contributed by atoms with Gasteiger partial charge in [-0.15, -0.1) is 0 Å². The monoisotopic (exact) mass is 453 g/mol. The lowest BCUT2D eigenvalue weighted by molar-refractivity contribution is -0.137. The van der Waals surface area contributed by atoms with E-state index in [1.165, 1.54) is 11.8 Å². The number of hydrogen-bond donors (Lipinski definition) is 0. The van der Waals surface area contributed by atoms with E-state index in [2.05, 4.69) is 9.98 Å². The average molecular weight is 454 g/mol. The third-order valence-electron chi connectivity index (χ3n) is 4.54. The van der Waals surface area contributed by atoms with E-state index in [1.807, 2.05) is 4.90 Å². The number of morpholine rings is 1. The molecule has 0 N–H and O–H groups in total. The predicted molar refractivity (Wildman–Crippen MR) is 110 cm³/mol. The van der Waals surface area contributed by atoms with Crippen molar-refractivity contribution in [3.63, 3.8) is 0 Å². The van der Waals surface area contributed by atoms with Crippen molar-refractivity contribution in [3.05, 3.63) is 57.6 Å². The number of amidine groups is 1. The van der Waals surface area contributed by atoms with E-state index >= 15 is 0 Å². The fourth-order valence-corrected chi connectivity index (χ4v) is 4.22. The third kappa shape index (κ3) is 4.53. The van der Waals surface area contributed by atoms with Crippen LogP contribution < -0.4 is 0 Å². The van der Waals surface area contributed by atoms with Crippen LogP contribution in [0.3, 0.4) is 0 Å². The summed E-state index contributed by atoms with van der Waals surface area (Å²) in [5, 5.41) is 0.591. The summed E-state index contributed by atoms with van der Waals surface area (Å²) >= 11 is 7.32. The van der Waals surface area contributed by atoms with Crippen LogP contribution in [0.25, 0.3) is 17.3 Å². The number of carbonyl (C=O) groups excluding carboxylic acids is 1. The summed E-state index contributed by atoms with van der Waals surface area (Å²) in [5.41, 5.74) is 0.696. The molecule has 1 amide bonds. The van der Waals surface area contributed by atoms with Gasteiger partial charge in [0.15, 0.2) is 5.17 Å². The Morgan fingerprint density at radius 3 is 2.50 bits per heavy atom. The highest BCUT2D eigenvalue weighted by Crippen LogP contribution is 2.35. The third-order valence-corrected chi connectivity index (χ3v) is 5.87. The van der Waals surface area contributed by atoms with Gasteiger partial charge in [-0.2, -0.15) is 18.2 Å². The summed E-state index contributed by atoms with van der Waals surface area (Å²) in [6.45, 7) is 2.60. The van der Waals surface area contributed by atoms with Crippen molar-refractivity contribution in [2.75, 3.05) is 26.3 Å². The lowest BCUT2D eigenvalue weighted by Gasteiger charge is -2.27. The number of pyridine rings is 1. The Hall–Kier alpha value is -2.36. The van der Waals surface area contributed by atoms with Crippen LogP contribution in [-0.2, 0) is 15.7 Å². The molecule has 0 spiro atoms. The number of aromatic nitrogens is 1. The van der Waals surface area contributed by atoms with E-state index in [9.17, 15) is 18.0 Å². The zero-order valence-corrected chi connectivity index (χ0v) is 17.0. The van der Waals surface area contributed by atoms with E-state index < -0.39 is 11.7 Å². The Balaban J connectivity index is 1.50. The van der Waals surface area contributed by atoms with Crippen LogP contribution in [0.2, 0.25) is 5.02 Å². The fourth-order valence-electron chi connectivity index (χ4n) is 2.98. The van der Waals surface area contributed by atoms with Gasteiger partial charge in [0.1, 0.15) is 0 Å². The highest BCUT2D eigenvalue weighted by Gasteiger charge is 2.31. The molecule has 1 fully saturated rings. The number of halogens is 4. The molecule has 2 aliphatic heterocycles. The van der Waals surface area contributed by atoms with Gasteiger partial charge in [-0.05, 0) is 29.5 Å². The first-order valence-electron chi connectivity index (χ1n) is 9.00. The van der Waals surface area contributed by atoms with E-state index in [-0.39, 0.29) is 16.6 Å². The number of aliphatic imine (C=N–C) groups is 1. The first-order chi connectivity index (χ1) is 14.3. The largest absolute Gasteiger partial charge is 0.417 e. The Labute approximate surface area is 179 Å². The summed E-state index contributed by atoms with van der Waals surface area (Å²) in [6.07, 6.45) is -2.01. The molecule has 0 aliphatic carbocycles. The van der Waals surface area contributed by atoms with E-state index in [1.54, 1.807) is 30.3 Å². The topological polar surface area (TPSA) is 54.8 Å². The van der Waals surface area contributed by atoms with Crippen molar-refractivity contribution in [2.24, 2.45) is 4.99 Å². The molecule has 1 aromatic carbocycles. The van der Waals surface area contributed by atoms with Crippen molar-refractivity contribution in [1.29, 1.82) is 0 Å². The van der Waals surface area contributed by atoms with Gasteiger partial charge < -0.3 is 9.64 Å². The van der Waals surface area contributed by atoms with Crippen molar-refractivity contribution in [2.45, 2.75) is 6.18 Å². The number of nitrogens with zero attached hydrogens (tertiary/aromatic N) is 3. The van der Waals surface area contributed by atoms with Gasteiger partial charge in [-0.3, -0.25) is 9.78 Å². The van der Waals surface area contributed by atoms with Crippen LogP contribution in [0.1, 0.15) is 11.1 Å². The van der Waals surface area contributed by atoms with E-state index in [0.717, 1.165) is 17.8 Å². The minimum Gasteiger partial charge on any atom is -0.378 e. The summed E-state index contributed by atoms with van der Waals surface area (Å²) in [4.78, 5) is 22.7. The molecule has 0 atom stereocenters. The second-order valence-corrected chi connectivity index (χ2v) is 8.00. The summed E-state index contributed by atoms with van der Waals surface area (Å²) in [7, 11) is 0. The average Bonchev–Trinajstić information content (AvgIpc) is 3.09. The fraction of sp³-hybridized carbons (Fsp3) is 0.250. The van der Waals surface area contributed by atoms with Crippen LogP contribution in [0.4, 0.5) is 13.2 Å². The smallest absolute Gasteiger partial charge is 0.378 e. The van der Waals surface area contributed by atoms with Crippen LogP contribution in [-0.4, -0.2) is 47.3 Å². The molecule has 0 unspecified atom stereocenters. The number of hydrogen-bond acceptors (Lipinski definition) is 5. The molecule has 30 heavy (non-hydrogen) atoms. The number of alkyl halides is 3. The maximum atomic E-state index is 12.8. The molecular formula is C20H15ClF3N3O2S. The Morgan fingerprint density at radius 2 is 1.87 bits per heavy atom. The molecule has 10 heteroatoms. The standard InChI is InChI=1S/C20H15ClF3N3O2S/c21-15-10-14(20(22,23)24)11-25-17(15)13-3-1-12(2-4-13)9-16-18(28)26-19(30-16)27-5-7-29-8-6-27/h1-4,9-11H,5-8H2. The minimum absolute atomic E-state index is 0.0824. The number of ether oxygens (including phenoxy) is 1. The number of amides is 1. The van der Waals surface area contributed by atoms with E-state index in [0.29, 0.717) is 41.9 Å². The number of rotatable bonds is 2. The highest BCUT2D eigenvalue weighted by atomic mass is 35.5. The van der Waals surface area contributed by atoms with E-state index in [4.69, 9.17) is 16.3 Å². The van der Waals surface area contributed by atoms with Gasteiger partial charge in [-0.1, -0.05) is 35.9 Å². The predicted octanol–water partition coefficient (Wildman–Crippen LogP) is 4.72. The Bertz CT molecular complexity index is 1030. The zero-order chi connectivity index (χ0) is 21.3. The van der Waals surface area contributed by atoms with Crippen molar-refractivity contribution >= 4 is 40.5 Å². The normalized spacial score (nSPS) is 18.8. The van der Waals surface area contributed by atoms with Crippen LogP contribution in [0, 0.1) is 0 Å². The molecule has 3 heterocycles. The van der Waals surface area contributed by atoms with Crippen molar-refractivity contribution in [3.8, 4) is 11.3 Å². The molecule has 1 saturated heterocycles. The van der Waals surface area contributed by atoms with Gasteiger partial charge in [-0.25, -0.2) is 0 Å². The molecule has 5 nitrogen and oxygen atoms in total. The highest BCUT2D eigenvalue weighted by molar-refractivity contribution is 8.18. The van der Waals surface area contributed by atoms with Gasteiger partial charge in [0.25, 0.3) is 5.91 Å². The second kappa shape index (κ2) is 8.41. The Kier molecular flexibility index (Phi) is 5.86. The van der Waals surface area contributed by atoms with Crippen molar-refractivity contribution in [1.82, 2.24) is 9.88 Å². The molecule has 156 valence electrons. The van der Waals surface area contributed by atoms with Crippen LogP contribution in [0.5, 0.6) is 0 Å². The van der Waals surface area contributed by atoms with Gasteiger partial charge >= 0.3 is 6.18 Å². The number of thioether (sulfide) groups is 1. The Morgan fingerprint density at radius 1 is 1.17 bits per heavy atom. The SMILES string of the molecule is O=C1N=C(N2CCOCC2)SC1=Cc1ccc(-c2ncc(C(F)(F)F)cc2Cl)cc1. The zero-order valence-electron chi connectivity index (χ0n) is 15.4. The number of benzene rings is 1. The minimum atomic E-state index is -4.50. The molecular weight excluding hydrogens is 439 g/mol. The molecule has 4 rings (SSSR count). The molecule has 0 radical (unpaired) electrons. The number of carbonyl (C=O) groups is 1. The first-order valence-corrected chi connectivity index (χ1v) is 10.2. The van der Waals surface area contributed by atoms with Gasteiger partial charge in [0, 0.05) is 24.8 Å². The molecule has 2 aliphatic rings. The van der Waals surface area contributed by atoms with Gasteiger partial charge in [0.2, 0.25) is 0 Å².